The molecule has 1 unspecified atom stereocenters. The molecule has 0 spiro atoms. The van der Waals surface area contributed by atoms with Crippen molar-refractivity contribution in [2.45, 2.75) is 37.8 Å². The van der Waals surface area contributed by atoms with E-state index >= 15 is 0 Å². The molecule has 0 aromatic carbocycles. The van der Waals surface area contributed by atoms with Crippen LogP contribution in [0.15, 0.2) is 0 Å². The molecule has 1 heterocycles. The van der Waals surface area contributed by atoms with Gasteiger partial charge in [-0.3, -0.25) is 0 Å². The molecule has 4 heteroatoms. The smallest absolute Gasteiger partial charge is 0.0595 e. The van der Waals surface area contributed by atoms with E-state index < -0.39 is 0 Å². The quantitative estimate of drug-likeness (QED) is 0.659. The Morgan fingerprint density at radius 3 is 2.56 bits per heavy atom. The predicted octanol–water partition coefficient (Wildman–Crippen LogP) is 0.851. The summed E-state index contributed by atoms with van der Waals surface area (Å²) in [5.41, 5.74) is 6.08. The van der Waals surface area contributed by atoms with Gasteiger partial charge in [0.25, 0.3) is 0 Å². The lowest BCUT2D eigenvalue weighted by Crippen LogP contribution is -2.43. The van der Waals surface area contributed by atoms with Crippen LogP contribution in [0.4, 0.5) is 0 Å². The van der Waals surface area contributed by atoms with Gasteiger partial charge in [0.2, 0.25) is 0 Å². The van der Waals surface area contributed by atoms with E-state index in [0.29, 0.717) is 6.10 Å². The van der Waals surface area contributed by atoms with Gasteiger partial charge in [-0.15, -0.1) is 0 Å². The lowest BCUT2D eigenvalue weighted by molar-refractivity contribution is 0.0390. The molecule has 0 saturated carbocycles. The topological polar surface area (TPSA) is 47.7 Å². The van der Waals surface area contributed by atoms with E-state index in [1.54, 1.807) is 14.2 Å². The molecular weight excluding hydrogens is 204 g/mol. The lowest BCUT2D eigenvalue weighted by Gasteiger charge is -2.32. The van der Waals surface area contributed by atoms with Gasteiger partial charge in [0.05, 0.1) is 6.10 Å². The summed E-state index contributed by atoms with van der Waals surface area (Å²) in [4.78, 5) is 2.45. The van der Waals surface area contributed by atoms with E-state index in [2.05, 4.69) is 4.90 Å². The highest BCUT2D eigenvalue weighted by Gasteiger charge is 2.19. The van der Waals surface area contributed by atoms with Crippen LogP contribution in [0.2, 0.25) is 0 Å². The summed E-state index contributed by atoms with van der Waals surface area (Å²) >= 11 is 0. The minimum atomic E-state index is 0.286. The average molecular weight is 230 g/mol. The Labute approximate surface area is 99.1 Å². The maximum Gasteiger partial charge on any atom is 0.0595 e. The fourth-order valence-corrected chi connectivity index (χ4v) is 2.24. The molecule has 4 nitrogen and oxygen atoms in total. The third kappa shape index (κ3) is 5.25. The van der Waals surface area contributed by atoms with Crippen molar-refractivity contribution in [3.63, 3.8) is 0 Å². The first-order valence-electron chi connectivity index (χ1n) is 6.26. The first-order chi connectivity index (χ1) is 7.76. The highest BCUT2D eigenvalue weighted by molar-refractivity contribution is 4.75. The minimum Gasteiger partial charge on any atom is -0.385 e. The zero-order chi connectivity index (χ0) is 11.8. The van der Waals surface area contributed by atoms with E-state index in [9.17, 15) is 0 Å². The maximum atomic E-state index is 6.08. The van der Waals surface area contributed by atoms with Crippen LogP contribution in [-0.4, -0.2) is 57.5 Å². The molecule has 0 aliphatic carbocycles. The van der Waals surface area contributed by atoms with Crippen LogP contribution >= 0.6 is 0 Å². The number of piperidine rings is 1. The zero-order valence-corrected chi connectivity index (χ0v) is 10.7. The molecule has 0 radical (unpaired) electrons. The molecule has 0 aromatic rings. The Morgan fingerprint density at radius 1 is 1.31 bits per heavy atom. The van der Waals surface area contributed by atoms with Crippen LogP contribution in [0, 0.1) is 0 Å². The standard InChI is InChI=1S/C12H26N2O2/c1-15-9-3-4-11(13)10-14-7-5-12(16-2)6-8-14/h11-12H,3-10,13H2,1-2H3. The van der Waals surface area contributed by atoms with Crippen LogP contribution in [-0.2, 0) is 9.47 Å². The predicted molar refractivity (Wildman–Crippen MR) is 65.6 cm³/mol. The van der Waals surface area contributed by atoms with Crippen LogP contribution < -0.4 is 5.73 Å². The molecule has 2 N–H and O–H groups in total. The molecule has 1 aliphatic rings. The number of ether oxygens (including phenoxy) is 2. The second-order valence-corrected chi connectivity index (χ2v) is 4.63. The Hall–Kier alpha value is -0.160. The second-order valence-electron chi connectivity index (χ2n) is 4.63. The highest BCUT2D eigenvalue weighted by atomic mass is 16.5. The summed E-state index contributed by atoms with van der Waals surface area (Å²) in [6, 6.07) is 0.286. The van der Waals surface area contributed by atoms with Crippen molar-refractivity contribution in [1.29, 1.82) is 0 Å². The molecule has 1 aliphatic heterocycles. The number of nitrogens with zero attached hydrogens (tertiary/aromatic N) is 1. The highest BCUT2D eigenvalue weighted by Crippen LogP contribution is 2.13. The zero-order valence-electron chi connectivity index (χ0n) is 10.7. The number of hydrogen-bond donors (Lipinski definition) is 1. The number of methoxy groups -OCH3 is 2. The Morgan fingerprint density at radius 2 is 2.00 bits per heavy atom. The fourth-order valence-electron chi connectivity index (χ4n) is 2.24. The largest absolute Gasteiger partial charge is 0.385 e. The number of hydrogen-bond acceptors (Lipinski definition) is 4. The summed E-state index contributed by atoms with van der Waals surface area (Å²) in [5, 5.41) is 0. The van der Waals surface area contributed by atoms with Crippen molar-refractivity contribution in [3.05, 3.63) is 0 Å². The molecular formula is C12H26N2O2. The molecule has 0 amide bonds. The third-order valence-electron chi connectivity index (χ3n) is 3.28. The van der Waals surface area contributed by atoms with Gasteiger partial charge in [-0.2, -0.15) is 0 Å². The summed E-state index contributed by atoms with van der Waals surface area (Å²) in [6.07, 6.45) is 4.85. The number of likely N-dealkylation sites (tertiary alicyclic amines) is 1. The SMILES string of the molecule is COCCCC(N)CN1CCC(OC)CC1. The van der Waals surface area contributed by atoms with E-state index in [-0.39, 0.29) is 6.04 Å². The van der Waals surface area contributed by atoms with E-state index in [4.69, 9.17) is 15.2 Å². The maximum absolute atomic E-state index is 6.08. The van der Waals surface area contributed by atoms with Crippen molar-refractivity contribution in [1.82, 2.24) is 4.90 Å². The van der Waals surface area contributed by atoms with Gasteiger partial charge < -0.3 is 20.1 Å². The van der Waals surface area contributed by atoms with Crippen LogP contribution in [0.5, 0.6) is 0 Å². The Bertz CT molecular complexity index is 170. The van der Waals surface area contributed by atoms with E-state index in [0.717, 1.165) is 51.9 Å². The van der Waals surface area contributed by atoms with Gasteiger partial charge in [0.15, 0.2) is 0 Å². The van der Waals surface area contributed by atoms with Gasteiger partial charge in [0, 0.05) is 46.5 Å². The Kier molecular flexibility index (Phi) is 6.96. The first kappa shape index (κ1) is 13.9. The summed E-state index contributed by atoms with van der Waals surface area (Å²) in [5.74, 6) is 0. The van der Waals surface area contributed by atoms with E-state index in [1.807, 2.05) is 0 Å². The molecule has 1 fully saturated rings. The van der Waals surface area contributed by atoms with Crippen molar-refractivity contribution in [3.8, 4) is 0 Å². The number of rotatable bonds is 7. The molecule has 0 aromatic heterocycles. The molecule has 0 bridgehead atoms. The Balaban J connectivity index is 2.08. The monoisotopic (exact) mass is 230 g/mol. The van der Waals surface area contributed by atoms with Crippen molar-refractivity contribution >= 4 is 0 Å². The molecule has 16 heavy (non-hydrogen) atoms. The molecule has 1 rings (SSSR count). The van der Waals surface area contributed by atoms with Crippen molar-refractivity contribution < 1.29 is 9.47 Å². The second kappa shape index (κ2) is 8.01. The van der Waals surface area contributed by atoms with Gasteiger partial charge in [-0.25, -0.2) is 0 Å². The number of nitrogens with two attached hydrogens (primary N) is 1. The normalized spacial score (nSPS) is 21.2. The molecule has 1 atom stereocenters. The van der Waals surface area contributed by atoms with Gasteiger partial charge in [-0.05, 0) is 25.7 Å². The third-order valence-corrected chi connectivity index (χ3v) is 3.28. The van der Waals surface area contributed by atoms with E-state index in [1.165, 1.54) is 0 Å². The summed E-state index contributed by atoms with van der Waals surface area (Å²) in [7, 11) is 3.54. The summed E-state index contributed by atoms with van der Waals surface area (Å²) < 4.78 is 10.4. The van der Waals surface area contributed by atoms with Gasteiger partial charge in [0.1, 0.15) is 0 Å². The first-order valence-corrected chi connectivity index (χ1v) is 6.26. The van der Waals surface area contributed by atoms with Gasteiger partial charge >= 0.3 is 0 Å². The van der Waals surface area contributed by atoms with Crippen LogP contribution in [0.3, 0.4) is 0 Å². The molecule has 1 saturated heterocycles. The van der Waals surface area contributed by atoms with Gasteiger partial charge in [-0.1, -0.05) is 0 Å². The fraction of sp³-hybridized carbons (Fsp3) is 1.00. The van der Waals surface area contributed by atoms with Crippen molar-refractivity contribution in [2.75, 3.05) is 40.5 Å². The van der Waals surface area contributed by atoms with Crippen LogP contribution in [0.1, 0.15) is 25.7 Å². The minimum absolute atomic E-state index is 0.286. The van der Waals surface area contributed by atoms with Crippen LogP contribution in [0.25, 0.3) is 0 Å². The average Bonchev–Trinajstić information content (AvgIpc) is 2.30. The molecule has 96 valence electrons. The van der Waals surface area contributed by atoms with Crippen molar-refractivity contribution in [2.24, 2.45) is 5.73 Å². The lowest BCUT2D eigenvalue weighted by atomic mass is 10.1. The summed E-state index contributed by atoms with van der Waals surface area (Å²) in [6.45, 7) is 4.08.